The van der Waals surface area contributed by atoms with Crippen LogP contribution in [0.25, 0.3) is 6.08 Å². The molecule has 82 valence electrons. The number of nitrogens with zero attached hydrogens (tertiary/aromatic N) is 1. The third-order valence-corrected chi connectivity index (χ3v) is 1.86. The topological polar surface area (TPSA) is 40.9 Å². The van der Waals surface area contributed by atoms with Crippen LogP contribution >= 0.6 is 0 Å². The normalized spacial score (nSPS) is 11.4. The standard InChI is InChI=1S/C11H6F3NO/c12-11(13,14)10-4-3-8(2-1-5-16)9(6-10)7-15/h1-6H. The molecular weight excluding hydrogens is 219 g/mol. The number of halogens is 3. The van der Waals surface area contributed by atoms with E-state index in [1.807, 2.05) is 0 Å². The second kappa shape index (κ2) is 4.62. The Morgan fingerprint density at radius 1 is 1.31 bits per heavy atom. The second-order valence-electron chi connectivity index (χ2n) is 2.91. The molecule has 16 heavy (non-hydrogen) atoms. The molecule has 0 unspecified atom stereocenters. The van der Waals surface area contributed by atoms with Gasteiger partial charge < -0.3 is 0 Å². The number of allylic oxidation sites excluding steroid dienone is 1. The zero-order chi connectivity index (χ0) is 12.2. The smallest absolute Gasteiger partial charge is 0.299 e. The minimum Gasteiger partial charge on any atom is -0.299 e. The van der Waals surface area contributed by atoms with Crippen LogP contribution < -0.4 is 0 Å². The first-order chi connectivity index (χ1) is 7.49. The van der Waals surface area contributed by atoms with Crippen LogP contribution in [0.1, 0.15) is 16.7 Å². The van der Waals surface area contributed by atoms with E-state index in [4.69, 9.17) is 5.26 Å². The van der Waals surface area contributed by atoms with Crippen LogP contribution in [0, 0.1) is 11.3 Å². The van der Waals surface area contributed by atoms with E-state index in [9.17, 15) is 18.0 Å². The number of alkyl halides is 3. The van der Waals surface area contributed by atoms with Crippen molar-refractivity contribution in [2.24, 2.45) is 0 Å². The Balaban J connectivity index is 3.23. The van der Waals surface area contributed by atoms with Crippen molar-refractivity contribution in [3.05, 3.63) is 41.0 Å². The van der Waals surface area contributed by atoms with Crippen LogP contribution in [-0.2, 0) is 11.0 Å². The van der Waals surface area contributed by atoms with Crippen molar-refractivity contribution in [3.8, 4) is 6.07 Å². The van der Waals surface area contributed by atoms with Gasteiger partial charge >= 0.3 is 6.18 Å². The van der Waals surface area contributed by atoms with Crippen molar-refractivity contribution >= 4 is 12.4 Å². The first-order valence-electron chi connectivity index (χ1n) is 4.22. The highest BCUT2D eigenvalue weighted by molar-refractivity contribution is 5.75. The van der Waals surface area contributed by atoms with Crippen LogP contribution in [0.3, 0.4) is 0 Å². The molecule has 0 bridgehead atoms. The van der Waals surface area contributed by atoms with E-state index < -0.39 is 11.7 Å². The molecule has 0 saturated heterocycles. The summed E-state index contributed by atoms with van der Waals surface area (Å²) in [6.07, 6.45) is -1.59. The molecule has 0 aliphatic heterocycles. The van der Waals surface area contributed by atoms with Gasteiger partial charge in [0.2, 0.25) is 0 Å². The monoisotopic (exact) mass is 225 g/mol. The molecule has 0 fully saturated rings. The zero-order valence-electron chi connectivity index (χ0n) is 7.95. The highest BCUT2D eigenvalue weighted by Crippen LogP contribution is 2.30. The molecule has 0 radical (unpaired) electrons. The lowest BCUT2D eigenvalue weighted by molar-refractivity contribution is -0.137. The van der Waals surface area contributed by atoms with Gasteiger partial charge in [-0.3, -0.25) is 4.79 Å². The van der Waals surface area contributed by atoms with Gasteiger partial charge in [0.25, 0.3) is 0 Å². The number of aldehydes is 1. The quantitative estimate of drug-likeness (QED) is 0.573. The summed E-state index contributed by atoms with van der Waals surface area (Å²) in [6, 6.07) is 4.42. The van der Waals surface area contributed by atoms with Crippen molar-refractivity contribution in [1.29, 1.82) is 5.26 Å². The molecule has 0 N–H and O–H groups in total. The summed E-state index contributed by atoms with van der Waals surface area (Å²) in [7, 11) is 0. The number of hydrogen-bond donors (Lipinski definition) is 0. The molecule has 0 heterocycles. The average molecular weight is 225 g/mol. The van der Waals surface area contributed by atoms with Gasteiger partial charge in [0.05, 0.1) is 17.2 Å². The van der Waals surface area contributed by atoms with Crippen LogP contribution in [-0.4, -0.2) is 6.29 Å². The van der Waals surface area contributed by atoms with E-state index in [1.54, 1.807) is 6.07 Å². The van der Waals surface area contributed by atoms with Gasteiger partial charge in [0, 0.05) is 0 Å². The van der Waals surface area contributed by atoms with E-state index in [2.05, 4.69) is 0 Å². The fraction of sp³-hybridized carbons (Fsp3) is 0.0909. The lowest BCUT2D eigenvalue weighted by Gasteiger charge is -2.07. The molecule has 2 nitrogen and oxygen atoms in total. The lowest BCUT2D eigenvalue weighted by atomic mass is 10.0. The molecule has 1 aromatic rings. The van der Waals surface area contributed by atoms with E-state index >= 15 is 0 Å². The summed E-state index contributed by atoms with van der Waals surface area (Å²) in [6.45, 7) is 0. The Labute approximate surface area is 89.6 Å². The third kappa shape index (κ3) is 2.70. The molecule has 5 heteroatoms. The molecule has 0 atom stereocenters. The summed E-state index contributed by atoms with van der Waals surface area (Å²) in [5.41, 5.74) is -0.720. The lowest BCUT2D eigenvalue weighted by Crippen LogP contribution is -2.05. The molecule has 0 aliphatic carbocycles. The molecule has 0 amide bonds. The highest BCUT2D eigenvalue weighted by atomic mass is 19.4. The van der Waals surface area contributed by atoms with E-state index in [1.165, 1.54) is 6.08 Å². The van der Waals surface area contributed by atoms with Crippen LogP contribution in [0.5, 0.6) is 0 Å². The Kier molecular flexibility index (Phi) is 3.46. The van der Waals surface area contributed by atoms with Crippen molar-refractivity contribution in [2.45, 2.75) is 6.18 Å². The number of carbonyl (C=O) groups is 1. The highest BCUT2D eigenvalue weighted by Gasteiger charge is 2.30. The molecule has 1 aromatic carbocycles. The summed E-state index contributed by atoms with van der Waals surface area (Å²) in [4.78, 5) is 10.1. The van der Waals surface area contributed by atoms with Crippen LogP contribution in [0.2, 0.25) is 0 Å². The maximum absolute atomic E-state index is 12.3. The van der Waals surface area contributed by atoms with Gasteiger partial charge in [-0.15, -0.1) is 0 Å². The zero-order valence-corrected chi connectivity index (χ0v) is 7.95. The SMILES string of the molecule is N#Cc1cc(C(F)(F)F)ccc1C=CC=O. The molecule has 0 saturated carbocycles. The first kappa shape index (κ1) is 12.0. The second-order valence-corrected chi connectivity index (χ2v) is 2.91. The van der Waals surface area contributed by atoms with Crippen LogP contribution in [0.15, 0.2) is 24.3 Å². The van der Waals surface area contributed by atoms with Gasteiger partial charge in [0.1, 0.15) is 6.29 Å². The van der Waals surface area contributed by atoms with E-state index in [0.717, 1.165) is 24.3 Å². The van der Waals surface area contributed by atoms with Crippen molar-refractivity contribution in [2.75, 3.05) is 0 Å². The maximum atomic E-state index is 12.3. The predicted octanol–water partition coefficient (Wildman–Crippen LogP) is 2.79. The van der Waals surface area contributed by atoms with Gasteiger partial charge in [-0.25, -0.2) is 0 Å². The molecule has 1 rings (SSSR count). The average Bonchev–Trinajstić information content (AvgIpc) is 2.24. The Hall–Kier alpha value is -2.09. The van der Waals surface area contributed by atoms with Crippen molar-refractivity contribution < 1.29 is 18.0 Å². The minimum atomic E-state index is -4.47. The van der Waals surface area contributed by atoms with E-state index in [-0.39, 0.29) is 11.1 Å². The van der Waals surface area contributed by atoms with Gasteiger partial charge in [-0.05, 0) is 23.8 Å². The third-order valence-electron chi connectivity index (χ3n) is 1.86. The van der Waals surface area contributed by atoms with Crippen molar-refractivity contribution in [3.63, 3.8) is 0 Å². The number of rotatable bonds is 2. The summed E-state index contributed by atoms with van der Waals surface area (Å²) in [5.74, 6) is 0. The molecular formula is C11H6F3NO. The maximum Gasteiger partial charge on any atom is 0.416 e. The fourth-order valence-electron chi connectivity index (χ4n) is 1.12. The van der Waals surface area contributed by atoms with E-state index in [0.29, 0.717) is 6.29 Å². The van der Waals surface area contributed by atoms with Crippen molar-refractivity contribution in [1.82, 2.24) is 0 Å². The fourth-order valence-corrected chi connectivity index (χ4v) is 1.12. The predicted molar refractivity (Wildman–Crippen MR) is 51.3 cm³/mol. The first-order valence-corrected chi connectivity index (χ1v) is 4.22. The summed E-state index contributed by atoms with van der Waals surface area (Å²) in [5, 5.41) is 8.67. The molecule has 0 aromatic heterocycles. The van der Waals surface area contributed by atoms with Gasteiger partial charge in [-0.2, -0.15) is 18.4 Å². The van der Waals surface area contributed by atoms with Crippen LogP contribution in [0.4, 0.5) is 13.2 Å². The Morgan fingerprint density at radius 3 is 2.50 bits per heavy atom. The number of hydrogen-bond acceptors (Lipinski definition) is 2. The number of nitriles is 1. The Bertz CT molecular complexity index is 469. The largest absolute Gasteiger partial charge is 0.416 e. The minimum absolute atomic E-state index is 0.118. The number of benzene rings is 1. The number of carbonyl (C=O) groups excluding carboxylic acids is 1. The summed E-state index contributed by atoms with van der Waals surface area (Å²) >= 11 is 0. The van der Waals surface area contributed by atoms with Gasteiger partial charge in [-0.1, -0.05) is 12.1 Å². The Morgan fingerprint density at radius 2 is 2.00 bits per heavy atom. The molecule has 0 aliphatic rings. The van der Waals surface area contributed by atoms with Gasteiger partial charge in [0.15, 0.2) is 0 Å². The summed E-state index contributed by atoms with van der Waals surface area (Å²) < 4.78 is 36.9. The molecule has 0 spiro atoms.